The van der Waals surface area contributed by atoms with Crippen LogP contribution in [0.3, 0.4) is 0 Å². The van der Waals surface area contributed by atoms with Crippen molar-refractivity contribution < 1.29 is 34.1 Å². The van der Waals surface area contributed by atoms with Gasteiger partial charge in [0, 0.05) is 26.0 Å². The number of rotatable bonds is 6. The summed E-state index contributed by atoms with van der Waals surface area (Å²) in [6, 6.07) is 12.5. The summed E-state index contributed by atoms with van der Waals surface area (Å²) < 4.78 is 5.92. The number of aliphatic hydroxyl groups excluding tert-OH is 1. The summed E-state index contributed by atoms with van der Waals surface area (Å²) in [6.45, 7) is 4.60. The molecule has 2 aliphatic heterocycles. The van der Waals surface area contributed by atoms with E-state index in [2.05, 4.69) is 10.3 Å². The SMILES string of the molecule is CC(=O)NC1=NC(=O)N([C@H]2C[C@@](O)(C(=O)c3ccccc3C)[C@@H](C(=O)C(O)c3ccccc3C)O2)CN1C. The minimum absolute atomic E-state index is 0.0330. The van der Waals surface area contributed by atoms with Crippen molar-refractivity contribution in [3.05, 3.63) is 70.8 Å². The predicted molar refractivity (Wildman–Crippen MR) is 136 cm³/mol. The number of Topliss-reactive ketones (excluding diaryl/α,β-unsaturated/α-hetero) is 2. The van der Waals surface area contributed by atoms with Gasteiger partial charge >= 0.3 is 6.03 Å². The van der Waals surface area contributed by atoms with E-state index in [1.165, 1.54) is 17.9 Å². The van der Waals surface area contributed by atoms with Gasteiger partial charge in [-0.05, 0) is 30.5 Å². The molecule has 0 saturated carbocycles. The fourth-order valence-corrected chi connectivity index (χ4v) is 4.73. The first kappa shape index (κ1) is 27.1. The zero-order valence-corrected chi connectivity index (χ0v) is 21.5. The van der Waals surface area contributed by atoms with Gasteiger partial charge < -0.3 is 19.8 Å². The number of benzene rings is 2. The van der Waals surface area contributed by atoms with Crippen molar-refractivity contribution in [1.29, 1.82) is 0 Å². The average Bonchev–Trinajstić information content (AvgIpc) is 3.23. The van der Waals surface area contributed by atoms with Crippen molar-refractivity contribution in [3.8, 4) is 0 Å². The van der Waals surface area contributed by atoms with Crippen molar-refractivity contribution in [2.75, 3.05) is 13.7 Å². The third-order valence-electron chi connectivity index (χ3n) is 6.82. The van der Waals surface area contributed by atoms with Crippen LogP contribution in [0.25, 0.3) is 0 Å². The third kappa shape index (κ3) is 4.95. The number of ketones is 2. The highest BCUT2D eigenvalue weighted by molar-refractivity contribution is 6.08. The molecular weight excluding hydrogens is 492 g/mol. The second-order valence-electron chi connectivity index (χ2n) is 9.61. The van der Waals surface area contributed by atoms with E-state index in [0.717, 1.165) is 4.90 Å². The maximum absolute atomic E-state index is 13.7. The highest BCUT2D eigenvalue weighted by atomic mass is 16.5. The number of carbonyl (C=O) groups excluding carboxylic acids is 4. The third-order valence-corrected chi connectivity index (χ3v) is 6.82. The summed E-state index contributed by atoms with van der Waals surface area (Å²) in [5.74, 6) is -2.05. The Hall–Kier alpha value is -3.93. The second kappa shape index (κ2) is 10.4. The van der Waals surface area contributed by atoms with Crippen molar-refractivity contribution in [1.82, 2.24) is 15.1 Å². The first-order valence-electron chi connectivity index (χ1n) is 12.1. The van der Waals surface area contributed by atoms with Gasteiger partial charge in [0.25, 0.3) is 0 Å². The van der Waals surface area contributed by atoms with Gasteiger partial charge in [-0.1, -0.05) is 48.5 Å². The number of guanidine groups is 1. The van der Waals surface area contributed by atoms with Gasteiger partial charge in [0.1, 0.15) is 12.3 Å². The summed E-state index contributed by atoms with van der Waals surface area (Å²) >= 11 is 0. The predicted octanol–water partition coefficient (Wildman–Crippen LogP) is 1.45. The minimum Gasteiger partial charge on any atom is -0.380 e. The van der Waals surface area contributed by atoms with Gasteiger partial charge in [0.05, 0.1) is 6.67 Å². The van der Waals surface area contributed by atoms with Crippen LogP contribution in [-0.2, 0) is 14.3 Å². The molecule has 0 spiro atoms. The average molecular weight is 523 g/mol. The molecule has 2 aromatic carbocycles. The van der Waals surface area contributed by atoms with Crippen LogP contribution >= 0.6 is 0 Å². The highest BCUT2D eigenvalue weighted by Crippen LogP contribution is 2.39. The molecule has 2 aromatic rings. The first-order valence-corrected chi connectivity index (χ1v) is 12.1. The Morgan fingerprint density at radius 1 is 1.11 bits per heavy atom. The molecule has 0 aliphatic carbocycles. The molecule has 0 aromatic heterocycles. The maximum Gasteiger partial charge on any atom is 0.350 e. The largest absolute Gasteiger partial charge is 0.380 e. The van der Waals surface area contributed by atoms with Crippen molar-refractivity contribution in [2.24, 2.45) is 4.99 Å². The molecule has 1 saturated heterocycles. The maximum atomic E-state index is 13.7. The summed E-state index contributed by atoms with van der Waals surface area (Å²) in [5.41, 5.74) is -0.649. The van der Waals surface area contributed by atoms with Gasteiger partial charge in [-0.15, -0.1) is 0 Å². The minimum atomic E-state index is -2.38. The summed E-state index contributed by atoms with van der Waals surface area (Å²) in [7, 11) is 1.58. The molecule has 3 amide bonds. The molecular formula is C27H30N4O7. The molecule has 0 radical (unpaired) electrons. The van der Waals surface area contributed by atoms with E-state index in [1.807, 2.05) is 0 Å². The van der Waals surface area contributed by atoms with Gasteiger partial charge in [-0.2, -0.15) is 4.99 Å². The van der Waals surface area contributed by atoms with Crippen LogP contribution in [0.15, 0.2) is 53.5 Å². The van der Waals surface area contributed by atoms with Crippen molar-refractivity contribution in [2.45, 2.75) is 51.2 Å². The number of carbonyl (C=O) groups is 4. The normalized spacial score (nSPS) is 24.2. The fourth-order valence-electron chi connectivity index (χ4n) is 4.73. The number of nitrogens with zero attached hydrogens (tertiary/aromatic N) is 3. The quantitative estimate of drug-likeness (QED) is 0.483. The van der Waals surface area contributed by atoms with E-state index >= 15 is 0 Å². The van der Waals surface area contributed by atoms with Crippen LogP contribution in [0.4, 0.5) is 4.79 Å². The van der Waals surface area contributed by atoms with Gasteiger partial charge in [0.2, 0.25) is 11.9 Å². The molecule has 4 rings (SSSR count). The number of aryl methyl sites for hydroxylation is 2. The Morgan fingerprint density at radius 2 is 1.74 bits per heavy atom. The molecule has 200 valence electrons. The smallest absolute Gasteiger partial charge is 0.350 e. The standard InChI is InChI=1S/C27H30N4O7/c1-15-9-5-7-11-18(15)21(33)22(34)24-27(37,23(35)19-12-8-6-10-16(19)2)13-20(38-24)31-14-30(4)25(28-17(3)32)29-26(31)36/h5-12,20-21,24,33,37H,13-14H2,1-4H3,(H,28,29,32,36)/t20-,21?,24-,27-/m1/s1. The molecule has 3 N–H and O–H groups in total. The number of hydrogen-bond donors (Lipinski definition) is 3. The van der Waals surface area contributed by atoms with Crippen LogP contribution < -0.4 is 5.32 Å². The molecule has 1 fully saturated rings. The lowest BCUT2D eigenvalue weighted by molar-refractivity contribution is -0.149. The molecule has 11 nitrogen and oxygen atoms in total. The number of amides is 3. The van der Waals surface area contributed by atoms with Crippen LogP contribution in [0, 0.1) is 13.8 Å². The molecule has 0 bridgehead atoms. The van der Waals surface area contributed by atoms with Crippen molar-refractivity contribution in [3.63, 3.8) is 0 Å². The number of nitrogens with one attached hydrogen (secondary N) is 1. The summed E-state index contributed by atoms with van der Waals surface area (Å²) in [4.78, 5) is 58.2. The van der Waals surface area contributed by atoms with Crippen LogP contribution in [0.1, 0.15) is 46.5 Å². The number of hydrogen-bond acceptors (Lipinski definition) is 8. The highest BCUT2D eigenvalue weighted by Gasteiger charge is 2.59. The van der Waals surface area contributed by atoms with E-state index in [0.29, 0.717) is 16.7 Å². The Kier molecular flexibility index (Phi) is 7.45. The Bertz CT molecular complexity index is 1330. The zero-order valence-electron chi connectivity index (χ0n) is 21.5. The number of aliphatic hydroxyl groups is 2. The molecule has 11 heteroatoms. The van der Waals surface area contributed by atoms with E-state index in [9.17, 15) is 29.4 Å². The Morgan fingerprint density at radius 3 is 2.37 bits per heavy atom. The fraction of sp³-hybridized carbons (Fsp3) is 0.370. The lowest BCUT2D eigenvalue weighted by atomic mass is 9.81. The number of aliphatic imine (C=N–C) groups is 1. The first-order chi connectivity index (χ1) is 17.9. The van der Waals surface area contributed by atoms with Gasteiger partial charge in [-0.25, -0.2) is 4.79 Å². The summed E-state index contributed by atoms with van der Waals surface area (Å²) in [6.07, 6.45) is -5.10. The lowest BCUT2D eigenvalue weighted by Crippen LogP contribution is -2.55. The number of ether oxygens (including phenoxy) is 1. The van der Waals surface area contributed by atoms with E-state index in [1.54, 1.807) is 63.4 Å². The van der Waals surface area contributed by atoms with E-state index < -0.39 is 54.0 Å². The molecule has 1 unspecified atom stereocenters. The monoisotopic (exact) mass is 522 g/mol. The van der Waals surface area contributed by atoms with Gasteiger partial charge in [0.15, 0.2) is 23.3 Å². The van der Waals surface area contributed by atoms with Crippen LogP contribution in [0.2, 0.25) is 0 Å². The van der Waals surface area contributed by atoms with E-state index in [-0.39, 0.29) is 18.2 Å². The van der Waals surface area contributed by atoms with Crippen molar-refractivity contribution >= 4 is 29.5 Å². The molecule has 38 heavy (non-hydrogen) atoms. The second-order valence-corrected chi connectivity index (χ2v) is 9.61. The van der Waals surface area contributed by atoms with Crippen LogP contribution in [-0.4, -0.2) is 81.1 Å². The van der Waals surface area contributed by atoms with Gasteiger partial charge in [-0.3, -0.25) is 24.6 Å². The van der Waals surface area contributed by atoms with Crippen LogP contribution in [0.5, 0.6) is 0 Å². The Labute approximate surface area is 219 Å². The summed E-state index contributed by atoms with van der Waals surface area (Å²) in [5, 5.41) is 25.2. The zero-order chi connectivity index (χ0) is 27.8. The molecule has 2 aliphatic rings. The molecule has 4 atom stereocenters. The van der Waals surface area contributed by atoms with E-state index in [4.69, 9.17) is 4.74 Å². The topological polar surface area (TPSA) is 149 Å². The number of urea groups is 1. The Balaban J connectivity index is 1.71. The molecule has 2 heterocycles. The lowest BCUT2D eigenvalue weighted by Gasteiger charge is -2.35.